The number of amides is 3. The number of nitrogens with one attached hydrogen (secondary N) is 2. The summed E-state index contributed by atoms with van der Waals surface area (Å²) in [5.74, 6) is -0.974. The van der Waals surface area contributed by atoms with Crippen molar-refractivity contribution < 1.29 is 14.4 Å². The molecular weight excluding hydrogens is 504 g/mol. The van der Waals surface area contributed by atoms with Gasteiger partial charge in [0, 0.05) is 41.2 Å². The van der Waals surface area contributed by atoms with Gasteiger partial charge < -0.3 is 16.4 Å². The first kappa shape index (κ1) is 28.7. The van der Waals surface area contributed by atoms with Crippen molar-refractivity contribution in [2.75, 3.05) is 26.7 Å². The summed E-state index contributed by atoms with van der Waals surface area (Å²) >= 11 is 0. The van der Waals surface area contributed by atoms with E-state index in [1.165, 1.54) is 7.05 Å². The first-order valence-electron chi connectivity index (χ1n) is 13.3. The summed E-state index contributed by atoms with van der Waals surface area (Å²) in [6.45, 7) is 7.55. The minimum atomic E-state index is -0.450. The van der Waals surface area contributed by atoms with Crippen LogP contribution < -0.4 is 16.4 Å². The van der Waals surface area contributed by atoms with Crippen LogP contribution in [0, 0.1) is 0 Å². The van der Waals surface area contributed by atoms with Crippen molar-refractivity contribution in [1.82, 2.24) is 25.3 Å². The molecule has 4 aromatic rings. The number of nitrogens with zero attached hydrogens (tertiary/aromatic N) is 3. The number of hydrogen-bond acceptors (Lipinski definition) is 6. The van der Waals surface area contributed by atoms with E-state index in [0.717, 1.165) is 45.7 Å². The van der Waals surface area contributed by atoms with E-state index in [9.17, 15) is 14.4 Å². The lowest BCUT2D eigenvalue weighted by Gasteiger charge is -2.20. The molecule has 4 N–H and O–H groups in total. The summed E-state index contributed by atoms with van der Waals surface area (Å²) in [6.07, 6.45) is 0.849. The topological polar surface area (TPSA) is 122 Å². The molecule has 0 aliphatic rings. The summed E-state index contributed by atoms with van der Waals surface area (Å²) in [5.41, 5.74) is 9.74. The normalized spacial score (nSPS) is 11.4. The highest BCUT2D eigenvalue weighted by Crippen LogP contribution is 2.30. The molecule has 0 aliphatic carbocycles. The molecule has 0 unspecified atom stereocenters. The summed E-state index contributed by atoms with van der Waals surface area (Å²) in [4.78, 5) is 38.0. The second-order valence-electron chi connectivity index (χ2n) is 10.7. The maximum Gasteiger partial charge on any atom is 0.260 e. The highest BCUT2D eigenvalue weighted by atomic mass is 16.2. The number of carbonyl (C=O) groups is 3. The zero-order chi connectivity index (χ0) is 28.9. The van der Waals surface area contributed by atoms with Crippen molar-refractivity contribution in [1.29, 1.82) is 0 Å². The molecule has 0 saturated heterocycles. The number of nitrogens with two attached hydrogens (primary N) is 1. The maximum atomic E-state index is 12.6. The van der Waals surface area contributed by atoms with Crippen LogP contribution in [-0.4, -0.2) is 64.6 Å². The van der Waals surface area contributed by atoms with Crippen LogP contribution >= 0.6 is 0 Å². The summed E-state index contributed by atoms with van der Waals surface area (Å²) in [7, 11) is 1.42. The number of likely N-dealkylation sites (N-methyl/N-ethyl adjacent to an activating group) is 1. The molecule has 0 fully saturated rings. The van der Waals surface area contributed by atoms with Gasteiger partial charge in [0.25, 0.3) is 11.8 Å². The van der Waals surface area contributed by atoms with E-state index in [0.29, 0.717) is 17.7 Å². The number of rotatable bonds is 9. The lowest BCUT2D eigenvalue weighted by Crippen LogP contribution is -2.37. The van der Waals surface area contributed by atoms with Gasteiger partial charge in [-0.15, -0.1) is 0 Å². The monoisotopic (exact) mass is 540 g/mol. The molecule has 208 valence electrons. The number of carbonyl (C=O) groups excluding carboxylic acids is 3. The van der Waals surface area contributed by atoms with Gasteiger partial charge in [-0.2, -0.15) is 5.10 Å². The van der Waals surface area contributed by atoms with E-state index in [4.69, 9.17) is 10.8 Å². The van der Waals surface area contributed by atoms with Gasteiger partial charge in [-0.3, -0.25) is 19.3 Å². The number of fused-ring (bicyclic) bond motifs is 1. The summed E-state index contributed by atoms with van der Waals surface area (Å²) < 4.78 is 1.82. The minimum Gasteiger partial charge on any atom is -0.352 e. The van der Waals surface area contributed by atoms with Gasteiger partial charge in [0.1, 0.15) is 5.69 Å². The van der Waals surface area contributed by atoms with Crippen LogP contribution in [0.1, 0.15) is 47.9 Å². The molecule has 3 aromatic carbocycles. The largest absolute Gasteiger partial charge is 0.352 e. The Morgan fingerprint density at radius 2 is 1.55 bits per heavy atom. The summed E-state index contributed by atoms with van der Waals surface area (Å²) in [5, 5.41) is 12.2. The van der Waals surface area contributed by atoms with Crippen molar-refractivity contribution >= 4 is 28.6 Å². The van der Waals surface area contributed by atoms with Gasteiger partial charge in [-0.1, -0.05) is 30.3 Å². The maximum absolute atomic E-state index is 12.6. The second-order valence-corrected chi connectivity index (χ2v) is 10.7. The highest BCUT2D eigenvalue weighted by Gasteiger charge is 2.18. The first-order chi connectivity index (χ1) is 19.1. The highest BCUT2D eigenvalue weighted by molar-refractivity contribution is 6.05. The average molecular weight is 541 g/mol. The van der Waals surface area contributed by atoms with Gasteiger partial charge >= 0.3 is 0 Å². The molecule has 9 nitrogen and oxygen atoms in total. The summed E-state index contributed by atoms with van der Waals surface area (Å²) in [6, 6.07) is 22.2. The molecule has 3 amide bonds. The third-order valence-corrected chi connectivity index (χ3v) is 6.51. The Balaban J connectivity index is 1.52. The van der Waals surface area contributed by atoms with Crippen molar-refractivity contribution in [2.24, 2.45) is 5.73 Å². The third kappa shape index (κ3) is 6.62. The molecule has 0 atom stereocenters. The standard InChI is InChI=1S/C31H36N6O3/c1-31(2,3)34-19-7-18-33-29(39)22-12-10-21(11-13-22)28-25-8-5-6-9-26(25)37(35-28)24-16-14-23(15-17-24)30(40)36(4)27(38)20-32/h5-6,8-17,34H,7,18-20,32H2,1-4H3,(H,33,39). The smallest absolute Gasteiger partial charge is 0.260 e. The number of hydrogen-bond donors (Lipinski definition) is 3. The third-order valence-electron chi connectivity index (χ3n) is 6.51. The molecule has 9 heteroatoms. The Kier molecular flexibility index (Phi) is 8.77. The zero-order valence-electron chi connectivity index (χ0n) is 23.4. The van der Waals surface area contributed by atoms with Crippen LogP contribution in [0.15, 0.2) is 72.8 Å². The SMILES string of the molecule is CN(C(=O)CN)C(=O)c1ccc(-n2nc(-c3ccc(C(=O)NCCCNC(C)(C)C)cc3)c3ccccc32)cc1. The van der Waals surface area contributed by atoms with Crippen molar-refractivity contribution in [3.63, 3.8) is 0 Å². The lowest BCUT2D eigenvalue weighted by atomic mass is 10.1. The van der Waals surface area contributed by atoms with E-state index < -0.39 is 11.8 Å². The van der Waals surface area contributed by atoms with Gasteiger partial charge in [-0.05, 0) is 76.2 Å². The fourth-order valence-electron chi connectivity index (χ4n) is 4.30. The van der Waals surface area contributed by atoms with Gasteiger partial charge in [-0.25, -0.2) is 4.68 Å². The molecule has 4 rings (SSSR count). The van der Waals surface area contributed by atoms with Crippen LogP contribution in [0.3, 0.4) is 0 Å². The zero-order valence-corrected chi connectivity index (χ0v) is 23.4. The van der Waals surface area contributed by atoms with Crippen molar-refractivity contribution in [3.05, 3.63) is 83.9 Å². The number of imide groups is 1. The first-order valence-corrected chi connectivity index (χ1v) is 13.3. The Morgan fingerprint density at radius 3 is 2.20 bits per heavy atom. The quantitative estimate of drug-likeness (QED) is 0.278. The minimum absolute atomic E-state index is 0.0581. The van der Waals surface area contributed by atoms with Crippen LogP contribution in [0.25, 0.3) is 27.8 Å². The van der Waals surface area contributed by atoms with Gasteiger partial charge in [0.15, 0.2) is 0 Å². The van der Waals surface area contributed by atoms with E-state index in [1.807, 2.05) is 53.2 Å². The van der Waals surface area contributed by atoms with E-state index in [2.05, 4.69) is 31.4 Å². The van der Waals surface area contributed by atoms with E-state index in [1.54, 1.807) is 24.3 Å². The molecule has 0 aliphatic heterocycles. The van der Waals surface area contributed by atoms with E-state index in [-0.39, 0.29) is 18.0 Å². The predicted octanol–water partition coefficient (Wildman–Crippen LogP) is 3.76. The van der Waals surface area contributed by atoms with Gasteiger partial charge in [0.05, 0.1) is 17.7 Å². The van der Waals surface area contributed by atoms with Crippen LogP contribution in [0.4, 0.5) is 0 Å². The Bertz CT molecular complexity index is 1500. The Morgan fingerprint density at radius 1 is 0.900 bits per heavy atom. The van der Waals surface area contributed by atoms with E-state index >= 15 is 0 Å². The molecule has 1 aromatic heterocycles. The fourth-order valence-corrected chi connectivity index (χ4v) is 4.30. The Labute approximate surface area is 234 Å². The van der Waals surface area contributed by atoms with Crippen LogP contribution in [0.5, 0.6) is 0 Å². The molecule has 0 radical (unpaired) electrons. The fraction of sp³-hybridized carbons (Fsp3) is 0.290. The predicted molar refractivity (Wildman–Crippen MR) is 157 cm³/mol. The number of aromatic nitrogens is 2. The van der Waals surface area contributed by atoms with Crippen LogP contribution in [0.2, 0.25) is 0 Å². The molecular formula is C31H36N6O3. The second kappa shape index (κ2) is 12.2. The molecule has 0 bridgehead atoms. The Hall–Kier alpha value is -4.34. The number of benzene rings is 3. The molecule has 0 spiro atoms. The van der Waals surface area contributed by atoms with Crippen molar-refractivity contribution in [3.8, 4) is 16.9 Å². The molecule has 0 saturated carbocycles. The van der Waals surface area contributed by atoms with Crippen molar-refractivity contribution in [2.45, 2.75) is 32.7 Å². The molecule has 1 heterocycles. The average Bonchev–Trinajstić information content (AvgIpc) is 3.35. The van der Waals surface area contributed by atoms with Crippen LogP contribution in [-0.2, 0) is 4.79 Å². The molecule has 40 heavy (non-hydrogen) atoms. The number of para-hydroxylation sites is 1. The lowest BCUT2D eigenvalue weighted by molar-refractivity contribution is -0.126. The van der Waals surface area contributed by atoms with Gasteiger partial charge in [0.2, 0.25) is 5.91 Å².